The summed E-state index contributed by atoms with van der Waals surface area (Å²) in [6.07, 6.45) is 1.33. The Morgan fingerprint density at radius 1 is 1.38 bits per heavy atom. The van der Waals surface area contributed by atoms with Crippen LogP contribution in [0.15, 0.2) is 18.2 Å². The second-order valence-corrected chi connectivity index (χ2v) is 6.15. The first-order valence-corrected chi connectivity index (χ1v) is 7.76. The zero-order valence-corrected chi connectivity index (χ0v) is 13.7. The van der Waals surface area contributed by atoms with Crippen LogP contribution < -0.4 is 10.6 Å². The zero-order chi connectivity index (χ0) is 15.5. The highest BCUT2D eigenvalue weighted by molar-refractivity contribution is 6.35. The average Bonchev–Trinajstić information content (AvgIpc) is 2.47. The molecular weight excluding hydrogens is 311 g/mol. The number of nitrogens with one attached hydrogen (secondary N) is 2. The van der Waals surface area contributed by atoms with Gasteiger partial charge in [0.15, 0.2) is 0 Å². The number of carbonyl (C=O) groups is 1. The van der Waals surface area contributed by atoms with Gasteiger partial charge < -0.3 is 15.4 Å². The van der Waals surface area contributed by atoms with Crippen molar-refractivity contribution in [3.05, 3.63) is 33.8 Å². The highest BCUT2D eigenvalue weighted by atomic mass is 35.5. The molecule has 0 radical (unpaired) electrons. The van der Waals surface area contributed by atoms with Gasteiger partial charge in [-0.15, -0.1) is 0 Å². The molecule has 1 atom stereocenters. The number of ether oxygens (including phenoxy) is 1. The molecule has 0 aliphatic carbocycles. The second kappa shape index (κ2) is 6.97. The summed E-state index contributed by atoms with van der Waals surface area (Å²) in [5.74, 6) is -0.0926. The molecule has 1 fully saturated rings. The predicted molar refractivity (Wildman–Crippen MR) is 84.9 cm³/mol. The van der Waals surface area contributed by atoms with Crippen molar-refractivity contribution < 1.29 is 9.53 Å². The molecule has 0 aromatic heterocycles. The van der Waals surface area contributed by atoms with Gasteiger partial charge in [-0.1, -0.05) is 29.3 Å². The number of amides is 1. The van der Waals surface area contributed by atoms with Gasteiger partial charge in [0.25, 0.3) is 5.91 Å². The summed E-state index contributed by atoms with van der Waals surface area (Å²) in [4.78, 5) is 12.6. The standard InChI is InChI=1S/C15H20Cl2N2O2/c1-10(12-4-3-11(16)9-13(12)17)19-14(20)15(21-2)5-7-18-8-6-15/h3-4,9-10,18H,5-8H2,1-2H3,(H,19,20). The van der Waals surface area contributed by atoms with Crippen LogP contribution in [0.2, 0.25) is 10.0 Å². The number of hydrogen-bond acceptors (Lipinski definition) is 3. The SMILES string of the molecule is COC1(C(=O)NC(C)c2ccc(Cl)cc2Cl)CCNCC1. The van der Waals surface area contributed by atoms with Crippen molar-refractivity contribution in [2.24, 2.45) is 0 Å². The number of hydrogen-bond donors (Lipinski definition) is 2. The third-order valence-electron chi connectivity index (χ3n) is 3.99. The van der Waals surface area contributed by atoms with Crippen molar-refractivity contribution in [1.29, 1.82) is 0 Å². The van der Waals surface area contributed by atoms with Gasteiger partial charge in [0, 0.05) is 17.2 Å². The maximum atomic E-state index is 12.6. The molecule has 1 aliphatic heterocycles. The van der Waals surface area contributed by atoms with Gasteiger partial charge in [0.05, 0.1) is 6.04 Å². The minimum atomic E-state index is -0.752. The van der Waals surface area contributed by atoms with Crippen LogP contribution in [-0.4, -0.2) is 31.7 Å². The van der Waals surface area contributed by atoms with Crippen LogP contribution in [0.5, 0.6) is 0 Å². The summed E-state index contributed by atoms with van der Waals surface area (Å²) in [5.41, 5.74) is 0.0907. The topological polar surface area (TPSA) is 50.4 Å². The lowest BCUT2D eigenvalue weighted by Crippen LogP contribution is -2.54. The van der Waals surface area contributed by atoms with E-state index in [-0.39, 0.29) is 11.9 Å². The summed E-state index contributed by atoms with van der Waals surface area (Å²) < 4.78 is 5.52. The zero-order valence-electron chi connectivity index (χ0n) is 12.2. The number of halogens is 2. The highest BCUT2D eigenvalue weighted by Gasteiger charge is 2.40. The molecule has 6 heteroatoms. The summed E-state index contributed by atoms with van der Waals surface area (Å²) in [6.45, 7) is 3.45. The maximum Gasteiger partial charge on any atom is 0.252 e. The van der Waals surface area contributed by atoms with Gasteiger partial charge in [-0.3, -0.25) is 4.79 Å². The van der Waals surface area contributed by atoms with Crippen LogP contribution in [0.3, 0.4) is 0 Å². The molecule has 1 aromatic carbocycles. The third-order valence-corrected chi connectivity index (χ3v) is 4.55. The molecule has 0 bridgehead atoms. The molecule has 1 heterocycles. The molecule has 2 N–H and O–H groups in total. The molecule has 21 heavy (non-hydrogen) atoms. The second-order valence-electron chi connectivity index (χ2n) is 5.31. The van der Waals surface area contributed by atoms with E-state index in [1.165, 1.54) is 0 Å². The van der Waals surface area contributed by atoms with E-state index in [0.717, 1.165) is 18.7 Å². The van der Waals surface area contributed by atoms with E-state index < -0.39 is 5.60 Å². The first-order chi connectivity index (χ1) is 9.98. The first-order valence-electron chi connectivity index (χ1n) is 7.00. The summed E-state index contributed by atoms with van der Waals surface area (Å²) >= 11 is 12.1. The molecule has 2 rings (SSSR count). The normalized spacial score (nSPS) is 19.0. The summed E-state index contributed by atoms with van der Waals surface area (Å²) in [5, 5.41) is 7.36. The van der Waals surface area contributed by atoms with Crippen molar-refractivity contribution >= 4 is 29.1 Å². The largest absolute Gasteiger partial charge is 0.368 e. The maximum absolute atomic E-state index is 12.6. The van der Waals surface area contributed by atoms with E-state index >= 15 is 0 Å². The van der Waals surface area contributed by atoms with E-state index in [2.05, 4.69) is 10.6 Å². The fourth-order valence-electron chi connectivity index (χ4n) is 2.61. The van der Waals surface area contributed by atoms with Crippen LogP contribution in [0.4, 0.5) is 0 Å². The fourth-order valence-corrected chi connectivity index (χ4v) is 3.19. The van der Waals surface area contributed by atoms with Gasteiger partial charge in [-0.25, -0.2) is 0 Å². The molecule has 116 valence electrons. The van der Waals surface area contributed by atoms with E-state index in [4.69, 9.17) is 27.9 Å². The van der Waals surface area contributed by atoms with Crippen molar-refractivity contribution in [3.63, 3.8) is 0 Å². The van der Waals surface area contributed by atoms with Crippen LogP contribution in [-0.2, 0) is 9.53 Å². The van der Waals surface area contributed by atoms with E-state index in [1.54, 1.807) is 19.2 Å². The molecule has 0 saturated carbocycles. The Hall–Kier alpha value is -0.810. The number of carbonyl (C=O) groups excluding carboxylic acids is 1. The smallest absolute Gasteiger partial charge is 0.252 e. The lowest BCUT2D eigenvalue weighted by Gasteiger charge is -2.35. The Morgan fingerprint density at radius 3 is 2.62 bits per heavy atom. The molecule has 1 aliphatic rings. The van der Waals surface area contributed by atoms with Crippen molar-refractivity contribution in [3.8, 4) is 0 Å². The minimum absolute atomic E-state index is 0.0926. The fraction of sp³-hybridized carbons (Fsp3) is 0.533. The number of benzene rings is 1. The number of methoxy groups -OCH3 is 1. The lowest BCUT2D eigenvalue weighted by molar-refractivity contribution is -0.147. The molecule has 1 unspecified atom stereocenters. The molecule has 1 saturated heterocycles. The Morgan fingerprint density at radius 2 is 2.05 bits per heavy atom. The Labute approximate surface area is 135 Å². The van der Waals surface area contributed by atoms with Crippen LogP contribution in [0.1, 0.15) is 31.4 Å². The van der Waals surface area contributed by atoms with Gasteiger partial charge in [-0.05, 0) is 50.6 Å². The Balaban J connectivity index is 2.10. The third kappa shape index (κ3) is 3.69. The molecule has 1 aromatic rings. The first kappa shape index (κ1) is 16.6. The van der Waals surface area contributed by atoms with Gasteiger partial charge in [0.1, 0.15) is 5.60 Å². The van der Waals surface area contributed by atoms with Crippen LogP contribution >= 0.6 is 23.2 Å². The quantitative estimate of drug-likeness (QED) is 0.892. The van der Waals surface area contributed by atoms with Crippen molar-refractivity contribution in [2.75, 3.05) is 20.2 Å². The van der Waals surface area contributed by atoms with Crippen molar-refractivity contribution in [1.82, 2.24) is 10.6 Å². The van der Waals surface area contributed by atoms with E-state index in [0.29, 0.717) is 22.9 Å². The molecule has 0 spiro atoms. The predicted octanol–water partition coefficient (Wildman–Crippen LogP) is 2.94. The van der Waals surface area contributed by atoms with Gasteiger partial charge >= 0.3 is 0 Å². The van der Waals surface area contributed by atoms with Crippen LogP contribution in [0.25, 0.3) is 0 Å². The number of rotatable bonds is 4. The number of piperidine rings is 1. The van der Waals surface area contributed by atoms with Crippen molar-refractivity contribution in [2.45, 2.75) is 31.4 Å². The highest BCUT2D eigenvalue weighted by Crippen LogP contribution is 2.28. The molecule has 4 nitrogen and oxygen atoms in total. The average molecular weight is 331 g/mol. The van der Waals surface area contributed by atoms with E-state index in [1.807, 2.05) is 13.0 Å². The summed E-state index contributed by atoms with van der Waals surface area (Å²) in [7, 11) is 1.59. The summed E-state index contributed by atoms with van der Waals surface area (Å²) in [6, 6.07) is 5.07. The van der Waals surface area contributed by atoms with Gasteiger partial charge in [0.2, 0.25) is 0 Å². The molecular formula is C15H20Cl2N2O2. The monoisotopic (exact) mass is 330 g/mol. The van der Waals surface area contributed by atoms with Gasteiger partial charge in [-0.2, -0.15) is 0 Å². The Kier molecular flexibility index (Phi) is 5.49. The van der Waals surface area contributed by atoms with E-state index in [9.17, 15) is 4.79 Å². The lowest BCUT2D eigenvalue weighted by atomic mass is 9.90. The van der Waals surface area contributed by atoms with Crippen LogP contribution in [0, 0.1) is 0 Å². The molecule has 1 amide bonds. The minimum Gasteiger partial charge on any atom is -0.368 e. The Bertz CT molecular complexity index is 516.